The van der Waals surface area contributed by atoms with Gasteiger partial charge in [0.15, 0.2) is 11.5 Å². The summed E-state index contributed by atoms with van der Waals surface area (Å²) in [7, 11) is 1.47. The molecule has 0 spiro atoms. The lowest BCUT2D eigenvalue weighted by atomic mass is 10.2. The number of ether oxygens (including phenoxy) is 1. The Kier molecular flexibility index (Phi) is 5.09. The van der Waals surface area contributed by atoms with E-state index in [1.165, 1.54) is 13.2 Å². The van der Waals surface area contributed by atoms with Crippen molar-refractivity contribution in [1.82, 2.24) is 0 Å². The van der Waals surface area contributed by atoms with Crippen molar-refractivity contribution >= 4 is 23.0 Å². The maximum Gasteiger partial charge on any atom is 0.250 e. The molecular formula is C17H17N3O3. The number of aromatic hydroxyl groups is 1. The average Bonchev–Trinajstić information content (AvgIpc) is 2.55. The number of hydrogen-bond donors (Lipinski definition) is 2. The van der Waals surface area contributed by atoms with Gasteiger partial charge in [-0.1, -0.05) is 6.58 Å². The summed E-state index contributed by atoms with van der Waals surface area (Å²) in [5, 5.41) is 20.4. The van der Waals surface area contributed by atoms with Gasteiger partial charge in [0.05, 0.1) is 18.5 Å². The fraction of sp³-hybridized carbons (Fsp3) is 0.118. The Hall–Kier alpha value is -3.15. The minimum atomic E-state index is -0.226. The fourth-order valence-corrected chi connectivity index (χ4v) is 1.69. The van der Waals surface area contributed by atoms with Crippen LogP contribution < -0.4 is 10.1 Å². The van der Waals surface area contributed by atoms with E-state index in [-0.39, 0.29) is 11.7 Å². The number of carbonyl (C=O) groups is 1. The largest absolute Gasteiger partial charge is 0.504 e. The third kappa shape index (κ3) is 4.41. The highest BCUT2D eigenvalue weighted by Gasteiger charge is 2.03. The molecule has 6 nitrogen and oxygen atoms in total. The van der Waals surface area contributed by atoms with Gasteiger partial charge in [-0.15, -0.1) is 0 Å². The Labute approximate surface area is 134 Å². The molecule has 6 heteroatoms. The number of benzene rings is 2. The smallest absolute Gasteiger partial charge is 0.250 e. The second-order valence-electron chi connectivity index (χ2n) is 4.84. The number of rotatable bonds is 5. The van der Waals surface area contributed by atoms with Gasteiger partial charge in [0.1, 0.15) is 0 Å². The van der Waals surface area contributed by atoms with E-state index in [1.54, 1.807) is 43.3 Å². The van der Waals surface area contributed by atoms with Gasteiger partial charge in [-0.2, -0.15) is 10.2 Å². The Balaban J connectivity index is 2.08. The van der Waals surface area contributed by atoms with Gasteiger partial charge in [0, 0.05) is 17.3 Å². The van der Waals surface area contributed by atoms with Gasteiger partial charge in [0.25, 0.3) is 5.91 Å². The molecule has 0 saturated carbocycles. The lowest BCUT2D eigenvalue weighted by Crippen LogP contribution is -2.11. The topological polar surface area (TPSA) is 83.3 Å². The second-order valence-corrected chi connectivity index (χ2v) is 4.84. The molecule has 0 aromatic heterocycles. The highest BCUT2D eigenvalue weighted by molar-refractivity contribution is 6.02. The summed E-state index contributed by atoms with van der Waals surface area (Å²) in [5.74, 6) is 0.152. The highest BCUT2D eigenvalue weighted by atomic mass is 16.5. The molecule has 2 aromatic carbocycles. The first-order valence-corrected chi connectivity index (χ1v) is 6.85. The van der Waals surface area contributed by atoms with Crippen LogP contribution in [0.15, 0.2) is 64.8 Å². The zero-order valence-corrected chi connectivity index (χ0v) is 12.9. The van der Waals surface area contributed by atoms with Crippen molar-refractivity contribution in [2.24, 2.45) is 10.2 Å². The maximum atomic E-state index is 11.5. The van der Waals surface area contributed by atoms with Gasteiger partial charge < -0.3 is 15.2 Å². The molecule has 2 rings (SSSR count). The van der Waals surface area contributed by atoms with Crippen molar-refractivity contribution in [2.75, 3.05) is 12.4 Å². The summed E-state index contributed by atoms with van der Waals surface area (Å²) >= 11 is 0. The number of carbonyl (C=O) groups excluding carboxylic acids is 1. The van der Waals surface area contributed by atoms with E-state index in [4.69, 9.17) is 4.74 Å². The van der Waals surface area contributed by atoms with Crippen LogP contribution in [0.25, 0.3) is 0 Å². The summed E-state index contributed by atoms with van der Waals surface area (Å²) in [6.45, 7) is 5.22. The third-order valence-corrected chi connectivity index (χ3v) is 2.96. The molecule has 23 heavy (non-hydrogen) atoms. The normalized spacial score (nSPS) is 10.5. The number of amides is 1. The predicted molar refractivity (Wildman–Crippen MR) is 88.7 cm³/mol. The molecule has 0 saturated heterocycles. The second kappa shape index (κ2) is 7.22. The van der Waals surface area contributed by atoms with Crippen molar-refractivity contribution < 1.29 is 14.6 Å². The van der Waals surface area contributed by atoms with Crippen LogP contribution in [0.4, 0.5) is 17.1 Å². The van der Waals surface area contributed by atoms with Crippen LogP contribution in [0.1, 0.15) is 6.92 Å². The summed E-state index contributed by atoms with van der Waals surface area (Å²) in [6.07, 6.45) is 0. The summed E-state index contributed by atoms with van der Waals surface area (Å²) in [6, 6.07) is 11.6. The van der Waals surface area contributed by atoms with Crippen molar-refractivity contribution in [2.45, 2.75) is 6.92 Å². The lowest BCUT2D eigenvalue weighted by Gasteiger charge is -2.04. The third-order valence-electron chi connectivity index (χ3n) is 2.96. The van der Waals surface area contributed by atoms with Gasteiger partial charge in [-0.25, -0.2) is 0 Å². The molecule has 0 atom stereocenters. The summed E-state index contributed by atoms with van der Waals surface area (Å²) in [5.41, 5.74) is 2.28. The number of anilines is 1. The number of phenols is 1. The first kappa shape index (κ1) is 16.2. The molecule has 0 radical (unpaired) electrons. The molecule has 0 aliphatic rings. The molecule has 0 unspecified atom stereocenters. The van der Waals surface area contributed by atoms with Gasteiger partial charge in [-0.05, 0) is 43.3 Å². The first-order chi connectivity index (χ1) is 11.0. The van der Waals surface area contributed by atoms with Crippen LogP contribution in [0, 0.1) is 0 Å². The number of phenolic OH excluding ortho intramolecular Hbond substituents is 1. The van der Waals surface area contributed by atoms with E-state index >= 15 is 0 Å². The lowest BCUT2D eigenvalue weighted by molar-refractivity contribution is -0.112. The zero-order chi connectivity index (χ0) is 16.8. The Morgan fingerprint density at radius 2 is 1.74 bits per heavy atom. The number of azo groups is 1. The van der Waals surface area contributed by atoms with E-state index in [1.807, 2.05) is 0 Å². The minimum absolute atomic E-state index is 0.0454. The van der Waals surface area contributed by atoms with Crippen LogP contribution in [-0.2, 0) is 4.79 Å². The minimum Gasteiger partial charge on any atom is -0.504 e. The van der Waals surface area contributed by atoms with Gasteiger partial charge in [0.2, 0.25) is 0 Å². The van der Waals surface area contributed by atoms with E-state index in [0.717, 1.165) is 0 Å². The summed E-state index contributed by atoms with van der Waals surface area (Å²) in [4.78, 5) is 11.5. The molecule has 2 aromatic rings. The van der Waals surface area contributed by atoms with Crippen molar-refractivity contribution in [3.05, 3.63) is 54.6 Å². The maximum absolute atomic E-state index is 11.5. The molecule has 2 N–H and O–H groups in total. The van der Waals surface area contributed by atoms with E-state index < -0.39 is 0 Å². The van der Waals surface area contributed by atoms with Crippen molar-refractivity contribution in [1.29, 1.82) is 0 Å². The monoisotopic (exact) mass is 311 g/mol. The molecule has 0 aliphatic heterocycles. The van der Waals surface area contributed by atoms with Crippen molar-refractivity contribution in [3.63, 3.8) is 0 Å². The zero-order valence-electron chi connectivity index (χ0n) is 12.9. The van der Waals surface area contributed by atoms with Crippen molar-refractivity contribution in [3.8, 4) is 11.5 Å². The molecular weight excluding hydrogens is 294 g/mol. The Morgan fingerprint density at radius 1 is 1.13 bits per heavy atom. The van der Waals surface area contributed by atoms with Crippen LogP contribution in [0.3, 0.4) is 0 Å². The van der Waals surface area contributed by atoms with E-state index in [9.17, 15) is 9.90 Å². The van der Waals surface area contributed by atoms with Crippen LogP contribution in [0.2, 0.25) is 0 Å². The molecule has 0 bridgehead atoms. The van der Waals surface area contributed by atoms with Crippen LogP contribution >= 0.6 is 0 Å². The van der Waals surface area contributed by atoms with Gasteiger partial charge >= 0.3 is 0 Å². The Bertz CT molecular complexity index is 752. The predicted octanol–water partition coefficient (Wildman–Crippen LogP) is 4.33. The number of nitrogens with zero attached hydrogens (tertiary/aromatic N) is 2. The Morgan fingerprint density at radius 3 is 2.35 bits per heavy atom. The van der Waals surface area contributed by atoms with E-state index in [2.05, 4.69) is 22.1 Å². The average molecular weight is 311 g/mol. The molecule has 118 valence electrons. The number of nitrogens with one attached hydrogen (secondary N) is 1. The fourth-order valence-electron chi connectivity index (χ4n) is 1.69. The summed E-state index contributed by atoms with van der Waals surface area (Å²) < 4.78 is 5.01. The standard InChI is InChI=1S/C17H17N3O3/c1-11(2)17(22)18-12-4-6-13(7-5-12)19-20-14-8-9-15(21)16(10-14)23-3/h4-10,21H,1H2,2-3H3,(H,18,22). The highest BCUT2D eigenvalue weighted by Crippen LogP contribution is 2.30. The molecule has 1 amide bonds. The van der Waals surface area contributed by atoms with Gasteiger partial charge in [-0.3, -0.25) is 4.79 Å². The quantitative estimate of drug-likeness (QED) is 0.636. The molecule has 0 aliphatic carbocycles. The SMILES string of the molecule is C=C(C)C(=O)Nc1ccc(N=Nc2ccc(O)c(OC)c2)cc1. The first-order valence-electron chi connectivity index (χ1n) is 6.85. The molecule has 0 heterocycles. The number of methoxy groups -OCH3 is 1. The van der Waals surface area contributed by atoms with Crippen LogP contribution in [-0.4, -0.2) is 18.1 Å². The molecule has 0 fully saturated rings. The number of hydrogen-bond acceptors (Lipinski definition) is 5. The van der Waals surface area contributed by atoms with E-state index in [0.29, 0.717) is 28.4 Å². The van der Waals surface area contributed by atoms with Crippen LogP contribution in [0.5, 0.6) is 11.5 Å².